The average molecular weight is 357 g/mol. The molecule has 1 fully saturated rings. The SMILES string of the molecule is CC1CC(C)CN(C(=O)CSc2ccc(N)cc2Br)C1. The number of hydrogen-bond acceptors (Lipinski definition) is 3. The van der Waals surface area contributed by atoms with Gasteiger partial charge >= 0.3 is 0 Å². The number of nitrogen functional groups attached to an aromatic ring is 1. The van der Waals surface area contributed by atoms with Crippen LogP contribution in [0.3, 0.4) is 0 Å². The largest absolute Gasteiger partial charge is 0.399 e. The van der Waals surface area contributed by atoms with E-state index >= 15 is 0 Å². The maximum atomic E-state index is 12.3. The van der Waals surface area contributed by atoms with E-state index in [0.29, 0.717) is 17.6 Å². The molecule has 0 bridgehead atoms. The van der Waals surface area contributed by atoms with Crippen LogP contribution in [-0.2, 0) is 4.79 Å². The number of carbonyl (C=O) groups is 1. The fourth-order valence-electron chi connectivity index (χ4n) is 2.73. The van der Waals surface area contributed by atoms with Crippen molar-refractivity contribution in [3.05, 3.63) is 22.7 Å². The molecule has 0 saturated carbocycles. The van der Waals surface area contributed by atoms with Crippen molar-refractivity contribution in [3.8, 4) is 0 Å². The van der Waals surface area contributed by atoms with Crippen LogP contribution in [0, 0.1) is 11.8 Å². The first-order valence-electron chi connectivity index (χ1n) is 6.91. The van der Waals surface area contributed by atoms with E-state index in [1.807, 2.05) is 23.1 Å². The first kappa shape index (κ1) is 15.7. The van der Waals surface area contributed by atoms with Crippen LogP contribution in [0.1, 0.15) is 20.3 Å². The summed E-state index contributed by atoms with van der Waals surface area (Å²) >= 11 is 5.05. The third-order valence-electron chi connectivity index (χ3n) is 3.53. The summed E-state index contributed by atoms with van der Waals surface area (Å²) in [6.45, 7) is 6.23. The molecule has 1 heterocycles. The number of rotatable bonds is 3. The fourth-order valence-corrected chi connectivity index (χ4v) is 4.29. The van der Waals surface area contributed by atoms with Gasteiger partial charge in [-0.05, 0) is 52.4 Å². The zero-order valence-corrected chi connectivity index (χ0v) is 14.3. The van der Waals surface area contributed by atoms with Crippen LogP contribution in [0.15, 0.2) is 27.6 Å². The zero-order chi connectivity index (χ0) is 14.7. The van der Waals surface area contributed by atoms with Crippen molar-refractivity contribution in [2.45, 2.75) is 25.2 Å². The molecule has 1 aliphatic rings. The molecule has 1 aliphatic heterocycles. The molecule has 1 saturated heterocycles. The Morgan fingerprint density at radius 2 is 2.05 bits per heavy atom. The van der Waals surface area contributed by atoms with Crippen LogP contribution in [0.5, 0.6) is 0 Å². The summed E-state index contributed by atoms with van der Waals surface area (Å²) in [6.07, 6.45) is 1.22. The Hall–Kier alpha value is -0.680. The van der Waals surface area contributed by atoms with Gasteiger partial charge in [-0.25, -0.2) is 0 Å². The molecule has 2 unspecified atom stereocenters. The molecule has 5 heteroatoms. The number of nitrogens with zero attached hydrogens (tertiary/aromatic N) is 1. The van der Waals surface area contributed by atoms with Gasteiger partial charge in [-0.1, -0.05) is 13.8 Å². The van der Waals surface area contributed by atoms with Gasteiger partial charge < -0.3 is 10.6 Å². The predicted octanol–water partition coefficient (Wildman–Crippen LogP) is 3.63. The highest BCUT2D eigenvalue weighted by Gasteiger charge is 2.25. The second kappa shape index (κ2) is 6.85. The molecule has 0 aliphatic carbocycles. The minimum absolute atomic E-state index is 0.233. The molecule has 1 aromatic rings. The number of carbonyl (C=O) groups excluding carboxylic acids is 1. The molecular weight excluding hydrogens is 336 g/mol. The summed E-state index contributed by atoms with van der Waals surface area (Å²) in [6, 6.07) is 5.69. The molecule has 3 nitrogen and oxygen atoms in total. The van der Waals surface area contributed by atoms with Gasteiger partial charge in [-0.15, -0.1) is 11.8 Å². The Balaban J connectivity index is 1.91. The molecule has 2 N–H and O–H groups in total. The van der Waals surface area contributed by atoms with Crippen molar-refractivity contribution in [2.75, 3.05) is 24.6 Å². The van der Waals surface area contributed by atoms with Crippen molar-refractivity contribution in [2.24, 2.45) is 11.8 Å². The van der Waals surface area contributed by atoms with Crippen molar-refractivity contribution in [1.29, 1.82) is 0 Å². The van der Waals surface area contributed by atoms with E-state index in [0.717, 1.165) is 28.1 Å². The van der Waals surface area contributed by atoms with Crippen LogP contribution in [0.25, 0.3) is 0 Å². The molecule has 20 heavy (non-hydrogen) atoms. The van der Waals surface area contributed by atoms with E-state index in [1.54, 1.807) is 11.8 Å². The third kappa shape index (κ3) is 4.16. The Morgan fingerprint density at radius 3 is 2.65 bits per heavy atom. The smallest absolute Gasteiger partial charge is 0.232 e. The molecule has 1 aromatic carbocycles. The number of likely N-dealkylation sites (tertiary alicyclic amines) is 1. The average Bonchev–Trinajstić information content (AvgIpc) is 2.36. The molecular formula is C15H21BrN2OS. The van der Waals surface area contributed by atoms with Gasteiger partial charge in [0.15, 0.2) is 0 Å². The molecule has 2 rings (SSSR count). The highest BCUT2D eigenvalue weighted by Crippen LogP contribution is 2.30. The summed E-state index contributed by atoms with van der Waals surface area (Å²) in [4.78, 5) is 15.4. The zero-order valence-electron chi connectivity index (χ0n) is 11.9. The quantitative estimate of drug-likeness (QED) is 0.664. The molecule has 110 valence electrons. The number of nitrogens with two attached hydrogens (primary N) is 1. The normalized spacial score (nSPS) is 22.9. The highest BCUT2D eigenvalue weighted by molar-refractivity contribution is 9.10. The summed E-state index contributed by atoms with van der Waals surface area (Å²) in [5.74, 6) is 1.94. The number of piperidine rings is 1. The van der Waals surface area contributed by atoms with Crippen LogP contribution in [-0.4, -0.2) is 29.6 Å². The summed E-state index contributed by atoms with van der Waals surface area (Å²) < 4.78 is 0.954. The number of halogens is 1. The monoisotopic (exact) mass is 356 g/mol. The minimum atomic E-state index is 0.233. The maximum Gasteiger partial charge on any atom is 0.232 e. The topological polar surface area (TPSA) is 46.3 Å². The van der Waals surface area contributed by atoms with Crippen molar-refractivity contribution >= 4 is 39.3 Å². The van der Waals surface area contributed by atoms with E-state index in [-0.39, 0.29) is 5.91 Å². The molecule has 0 radical (unpaired) electrons. The number of amides is 1. The molecule has 0 aromatic heterocycles. The van der Waals surface area contributed by atoms with E-state index in [9.17, 15) is 4.79 Å². The fraction of sp³-hybridized carbons (Fsp3) is 0.533. The maximum absolute atomic E-state index is 12.3. The van der Waals surface area contributed by atoms with Crippen molar-refractivity contribution in [3.63, 3.8) is 0 Å². The standard InChI is InChI=1S/C15H21BrN2OS/c1-10-5-11(2)8-18(7-10)15(19)9-20-14-4-3-12(17)6-13(14)16/h3-4,6,10-11H,5,7-9,17H2,1-2H3. The summed E-state index contributed by atoms with van der Waals surface area (Å²) in [7, 11) is 0. The van der Waals surface area contributed by atoms with E-state index in [4.69, 9.17) is 5.73 Å². The Labute approximate surface area is 133 Å². The van der Waals surface area contributed by atoms with Gasteiger partial charge in [-0.2, -0.15) is 0 Å². The van der Waals surface area contributed by atoms with Gasteiger partial charge in [0.05, 0.1) is 5.75 Å². The lowest BCUT2D eigenvalue weighted by Gasteiger charge is -2.35. The molecule has 2 atom stereocenters. The van der Waals surface area contributed by atoms with E-state index in [2.05, 4.69) is 29.8 Å². The van der Waals surface area contributed by atoms with Crippen LogP contribution >= 0.6 is 27.7 Å². The van der Waals surface area contributed by atoms with Gasteiger partial charge in [-0.3, -0.25) is 4.79 Å². The van der Waals surface area contributed by atoms with Crippen LogP contribution in [0.2, 0.25) is 0 Å². The Morgan fingerprint density at radius 1 is 1.40 bits per heavy atom. The van der Waals surface area contributed by atoms with Crippen LogP contribution < -0.4 is 5.73 Å². The lowest BCUT2D eigenvalue weighted by molar-refractivity contribution is -0.130. The Bertz CT molecular complexity index is 485. The first-order valence-corrected chi connectivity index (χ1v) is 8.69. The summed E-state index contributed by atoms with van der Waals surface area (Å²) in [5, 5.41) is 0. The number of thioether (sulfide) groups is 1. The number of anilines is 1. The van der Waals surface area contributed by atoms with Gasteiger partial charge in [0, 0.05) is 28.1 Å². The van der Waals surface area contributed by atoms with Gasteiger partial charge in [0.2, 0.25) is 5.91 Å². The van der Waals surface area contributed by atoms with Crippen LogP contribution in [0.4, 0.5) is 5.69 Å². The van der Waals surface area contributed by atoms with Gasteiger partial charge in [0.25, 0.3) is 0 Å². The number of hydrogen-bond donors (Lipinski definition) is 1. The third-order valence-corrected chi connectivity index (χ3v) is 5.51. The van der Waals surface area contributed by atoms with Crippen molar-refractivity contribution < 1.29 is 4.79 Å². The van der Waals surface area contributed by atoms with E-state index < -0.39 is 0 Å². The van der Waals surface area contributed by atoms with E-state index in [1.165, 1.54) is 6.42 Å². The lowest BCUT2D eigenvalue weighted by Crippen LogP contribution is -2.43. The minimum Gasteiger partial charge on any atom is -0.399 e. The lowest BCUT2D eigenvalue weighted by atomic mass is 9.92. The predicted molar refractivity (Wildman–Crippen MR) is 88.8 cm³/mol. The van der Waals surface area contributed by atoms with Gasteiger partial charge in [0.1, 0.15) is 0 Å². The second-order valence-electron chi connectivity index (χ2n) is 5.72. The first-order chi connectivity index (χ1) is 9.45. The molecule has 1 amide bonds. The highest BCUT2D eigenvalue weighted by atomic mass is 79.9. The number of benzene rings is 1. The second-order valence-corrected chi connectivity index (χ2v) is 7.59. The molecule has 0 spiro atoms. The Kier molecular flexibility index (Phi) is 5.38. The van der Waals surface area contributed by atoms with Crippen molar-refractivity contribution in [1.82, 2.24) is 4.90 Å². The summed E-state index contributed by atoms with van der Waals surface area (Å²) in [5.41, 5.74) is 6.44.